The van der Waals surface area contributed by atoms with E-state index in [9.17, 15) is 4.79 Å². The molecule has 0 aliphatic carbocycles. The number of hydrogen-bond acceptors (Lipinski definition) is 4. The number of fused-ring (bicyclic) bond motifs is 1. The van der Waals surface area contributed by atoms with E-state index in [2.05, 4.69) is 28.6 Å². The largest absolute Gasteiger partial charge is 0.378 e. The first-order valence-corrected chi connectivity index (χ1v) is 7.46. The first-order chi connectivity index (χ1) is 9.65. The lowest BCUT2D eigenvalue weighted by Gasteiger charge is -2.29. The minimum atomic E-state index is 0.119. The van der Waals surface area contributed by atoms with E-state index in [0.29, 0.717) is 18.9 Å². The van der Waals surface area contributed by atoms with Crippen LogP contribution in [0.1, 0.15) is 50.7 Å². The summed E-state index contributed by atoms with van der Waals surface area (Å²) in [5.41, 5.74) is 0. The third kappa shape index (κ3) is 2.57. The summed E-state index contributed by atoms with van der Waals surface area (Å²) >= 11 is 0. The lowest BCUT2D eigenvalue weighted by Crippen LogP contribution is -2.40. The molecule has 2 aliphatic rings. The number of hydrogen-bond donors (Lipinski definition) is 0. The molecule has 0 N–H and O–H groups in total. The maximum atomic E-state index is 12.3. The molecule has 0 radical (unpaired) electrons. The predicted octanol–water partition coefficient (Wildman–Crippen LogP) is 1.31. The zero-order valence-electron chi connectivity index (χ0n) is 12.2. The third-order valence-corrected chi connectivity index (χ3v) is 4.08. The standard InChI is InChI=1S/C14H22N4O2/c1-10(2)14-16-15-12-9-17(5-6-18(12)14)13(19)8-11-4-3-7-20-11/h10-11H,3-9H2,1-2H3/t11-/m0/s1. The minimum absolute atomic E-state index is 0.119. The van der Waals surface area contributed by atoms with Crippen LogP contribution in [0.3, 0.4) is 0 Å². The van der Waals surface area contributed by atoms with Crippen molar-refractivity contribution in [3.05, 3.63) is 11.6 Å². The number of rotatable bonds is 3. The fourth-order valence-electron chi connectivity index (χ4n) is 2.95. The smallest absolute Gasteiger partial charge is 0.225 e. The lowest BCUT2D eigenvalue weighted by molar-refractivity contribution is -0.135. The molecule has 6 nitrogen and oxygen atoms in total. The Morgan fingerprint density at radius 2 is 2.25 bits per heavy atom. The van der Waals surface area contributed by atoms with Crippen LogP contribution in [-0.4, -0.2) is 44.8 Å². The highest BCUT2D eigenvalue weighted by Crippen LogP contribution is 2.21. The van der Waals surface area contributed by atoms with Gasteiger partial charge in [-0.2, -0.15) is 0 Å². The van der Waals surface area contributed by atoms with Crippen LogP contribution >= 0.6 is 0 Å². The number of nitrogens with zero attached hydrogens (tertiary/aromatic N) is 4. The Balaban J connectivity index is 1.64. The molecule has 0 unspecified atom stereocenters. The molecule has 110 valence electrons. The van der Waals surface area contributed by atoms with Crippen molar-refractivity contribution in [3.63, 3.8) is 0 Å². The average molecular weight is 278 g/mol. The molecule has 1 fully saturated rings. The van der Waals surface area contributed by atoms with Gasteiger partial charge >= 0.3 is 0 Å². The number of carbonyl (C=O) groups is 1. The highest BCUT2D eigenvalue weighted by molar-refractivity contribution is 5.76. The summed E-state index contributed by atoms with van der Waals surface area (Å²) in [6.45, 7) is 7.15. The third-order valence-electron chi connectivity index (χ3n) is 4.08. The summed E-state index contributed by atoms with van der Waals surface area (Å²) in [6, 6.07) is 0. The van der Waals surface area contributed by atoms with Crippen LogP contribution in [0.5, 0.6) is 0 Å². The van der Waals surface area contributed by atoms with Gasteiger partial charge in [0.2, 0.25) is 5.91 Å². The first kappa shape index (κ1) is 13.5. The summed E-state index contributed by atoms with van der Waals surface area (Å²) in [6.07, 6.45) is 2.70. The number of amides is 1. The molecular weight excluding hydrogens is 256 g/mol. The van der Waals surface area contributed by atoms with Crippen molar-refractivity contribution in [2.75, 3.05) is 13.2 Å². The van der Waals surface area contributed by atoms with Crippen LogP contribution in [-0.2, 0) is 22.6 Å². The monoisotopic (exact) mass is 278 g/mol. The van der Waals surface area contributed by atoms with Crippen molar-refractivity contribution in [2.45, 2.75) is 58.2 Å². The van der Waals surface area contributed by atoms with Gasteiger partial charge in [-0.1, -0.05) is 13.8 Å². The van der Waals surface area contributed by atoms with E-state index in [1.165, 1.54) is 0 Å². The summed E-state index contributed by atoms with van der Waals surface area (Å²) in [7, 11) is 0. The molecule has 3 heterocycles. The Labute approximate surface area is 119 Å². The van der Waals surface area contributed by atoms with E-state index in [-0.39, 0.29) is 12.0 Å². The highest BCUT2D eigenvalue weighted by atomic mass is 16.5. The molecule has 1 aromatic rings. The molecule has 1 atom stereocenters. The lowest BCUT2D eigenvalue weighted by atomic mass is 10.1. The molecule has 6 heteroatoms. The molecule has 20 heavy (non-hydrogen) atoms. The molecule has 0 spiro atoms. The van der Waals surface area contributed by atoms with Gasteiger partial charge in [-0.3, -0.25) is 4.79 Å². The summed E-state index contributed by atoms with van der Waals surface area (Å²) < 4.78 is 7.69. The Morgan fingerprint density at radius 3 is 2.95 bits per heavy atom. The number of aromatic nitrogens is 3. The van der Waals surface area contributed by atoms with E-state index >= 15 is 0 Å². The Hall–Kier alpha value is -1.43. The summed E-state index contributed by atoms with van der Waals surface area (Å²) in [5, 5.41) is 8.47. The van der Waals surface area contributed by atoms with Gasteiger partial charge in [0.25, 0.3) is 0 Å². The second-order valence-electron chi connectivity index (χ2n) is 5.94. The summed E-state index contributed by atoms with van der Waals surface area (Å²) in [4.78, 5) is 14.2. The van der Waals surface area contributed by atoms with Gasteiger partial charge in [-0.15, -0.1) is 10.2 Å². The topological polar surface area (TPSA) is 60.2 Å². The molecular formula is C14H22N4O2. The zero-order valence-corrected chi connectivity index (χ0v) is 12.2. The van der Waals surface area contributed by atoms with Crippen LogP contribution in [0.4, 0.5) is 0 Å². The van der Waals surface area contributed by atoms with Crippen molar-refractivity contribution < 1.29 is 9.53 Å². The molecule has 0 aromatic carbocycles. The molecule has 3 rings (SSSR count). The van der Waals surface area contributed by atoms with Crippen LogP contribution in [0, 0.1) is 0 Å². The number of ether oxygens (including phenoxy) is 1. The van der Waals surface area contributed by atoms with Crippen LogP contribution in [0.25, 0.3) is 0 Å². The van der Waals surface area contributed by atoms with Gasteiger partial charge in [-0.05, 0) is 12.8 Å². The molecule has 0 bridgehead atoms. The fourth-order valence-corrected chi connectivity index (χ4v) is 2.95. The van der Waals surface area contributed by atoms with E-state index in [0.717, 1.165) is 44.2 Å². The van der Waals surface area contributed by atoms with Crippen LogP contribution in [0.15, 0.2) is 0 Å². The van der Waals surface area contributed by atoms with Crippen molar-refractivity contribution in [3.8, 4) is 0 Å². The van der Waals surface area contributed by atoms with E-state index in [4.69, 9.17) is 4.74 Å². The minimum Gasteiger partial charge on any atom is -0.378 e. The first-order valence-electron chi connectivity index (χ1n) is 7.46. The van der Waals surface area contributed by atoms with Crippen molar-refractivity contribution >= 4 is 5.91 Å². The van der Waals surface area contributed by atoms with Gasteiger partial charge < -0.3 is 14.2 Å². The van der Waals surface area contributed by atoms with Gasteiger partial charge in [0.1, 0.15) is 5.82 Å². The van der Waals surface area contributed by atoms with E-state index in [1.807, 2.05) is 4.90 Å². The SMILES string of the molecule is CC(C)c1nnc2n1CCN(C(=O)C[C@@H]1CCCO1)C2. The Morgan fingerprint density at radius 1 is 1.40 bits per heavy atom. The normalized spacial score (nSPS) is 22.4. The van der Waals surface area contributed by atoms with Gasteiger partial charge in [0, 0.05) is 25.6 Å². The van der Waals surface area contributed by atoms with Crippen LogP contribution in [0.2, 0.25) is 0 Å². The van der Waals surface area contributed by atoms with Gasteiger partial charge in [0.05, 0.1) is 19.1 Å². The van der Waals surface area contributed by atoms with Crippen molar-refractivity contribution in [1.82, 2.24) is 19.7 Å². The van der Waals surface area contributed by atoms with Crippen molar-refractivity contribution in [2.24, 2.45) is 0 Å². The molecule has 2 aliphatic heterocycles. The summed E-state index contributed by atoms with van der Waals surface area (Å²) in [5.74, 6) is 2.47. The Kier molecular flexibility index (Phi) is 3.74. The molecule has 1 aromatic heterocycles. The predicted molar refractivity (Wildman–Crippen MR) is 73.1 cm³/mol. The quantitative estimate of drug-likeness (QED) is 0.836. The van der Waals surface area contributed by atoms with Gasteiger partial charge in [-0.25, -0.2) is 0 Å². The van der Waals surface area contributed by atoms with Crippen LogP contribution < -0.4 is 0 Å². The maximum Gasteiger partial charge on any atom is 0.225 e. The van der Waals surface area contributed by atoms with E-state index in [1.54, 1.807) is 0 Å². The second-order valence-corrected chi connectivity index (χ2v) is 5.94. The number of carbonyl (C=O) groups excluding carboxylic acids is 1. The zero-order chi connectivity index (χ0) is 14.1. The highest BCUT2D eigenvalue weighted by Gasteiger charge is 2.27. The molecule has 1 saturated heterocycles. The Bertz CT molecular complexity index is 491. The fraction of sp³-hybridized carbons (Fsp3) is 0.786. The molecule has 1 amide bonds. The maximum absolute atomic E-state index is 12.3. The average Bonchev–Trinajstić information content (AvgIpc) is 3.06. The second kappa shape index (κ2) is 5.52. The van der Waals surface area contributed by atoms with E-state index < -0.39 is 0 Å². The van der Waals surface area contributed by atoms with Gasteiger partial charge in [0.15, 0.2) is 5.82 Å². The van der Waals surface area contributed by atoms with Crippen molar-refractivity contribution in [1.29, 1.82) is 0 Å². The molecule has 0 saturated carbocycles.